The van der Waals surface area contributed by atoms with Gasteiger partial charge in [-0.3, -0.25) is 4.98 Å². The molecule has 5 nitrogen and oxygen atoms in total. The van der Waals surface area contributed by atoms with E-state index < -0.39 is 0 Å². The fraction of sp³-hybridized carbons (Fsp3) is 0.400. The first-order valence-corrected chi connectivity index (χ1v) is 6.97. The quantitative estimate of drug-likeness (QED) is 0.866. The molecule has 1 aliphatic carbocycles. The van der Waals surface area contributed by atoms with E-state index in [1.807, 2.05) is 43.7 Å². The highest BCUT2D eigenvalue weighted by Gasteiger charge is 2.20. The third-order valence-corrected chi connectivity index (χ3v) is 3.42. The van der Waals surface area contributed by atoms with Crippen LogP contribution in [0.15, 0.2) is 36.7 Å². The lowest BCUT2D eigenvalue weighted by atomic mass is 10.2. The SMILES string of the molecule is CN(Cc1ccncc1)c1ccc(CNC2CC2)nn1. The van der Waals surface area contributed by atoms with Crippen LogP contribution in [0.1, 0.15) is 24.1 Å². The summed E-state index contributed by atoms with van der Waals surface area (Å²) in [5.74, 6) is 0.886. The first kappa shape index (κ1) is 13.0. The Morgan fingerprint density at radius 1 is 1.15 bits per heavy atom. The van der Waals surface area contributed by atoms with E-state index in [1.165, 1.54) is 18.4 Å². The van der Waals surface area contributed by atoms with Gasteiger partial charge in [0, 0.05) is 38.6 Å². The van der Waals surface area contributed by atoms with Crippen LogP contribution in [0.25, 0.3) is 0 Å². The fourth-order valence-electron chi connectivity index (χ4n) is 2.03. The second kappa shape index (κ2) is 5.96. The predicted octanol–water partition coefficient (Wildman–Crippen LogP) is 1.76. The average molecular weight is 269 g/mol. The molecule has 20 heavy (non-hydrogen) atoms. The largest absolute Gasteiger partial charge is 0.354 e. The number of rotatable bonds is 6. The molecule has 0 aliphatic heterocycles. The van der Waals surface area contributed by atoms with Crippen molar-refractivity contribution < 1.29 is 0 Å². The summed E-state index contributed by atoms with van der Waals surface area (Å²) in [5, 5.41) is 12.0. The summed E-state index contributed by atoms with van der Waals surface area (Å²) >= 11 is 0. The molecule has 0 spiro atoms. The molecular formula is C15H19N5. The van der Waals surface area contributed by atoms with Gasteiger partial charge in [0.2, 0.25) is 0 Å². The summed E-state index contributed by atoms with van der Waals surface area (Å²) < 4.78 is 0. The molecule has 0 saturated heterocycles. The molecule has 0 unspecified atom stereocenters. The summed E-state index contributed by atoms with van der Waals surface area (Å²) in [7, 11) is 2.02. The third kappa shape index (κ3) is 3.51. The Bertz CT molecular complexity index is 536. The number of pyridine rings is 1. The van der Waals surface area contributed by atoms with E-state index >= 15 is 0 Å². The molecule has 1 saturated carbocycles. The molecule has 2 heterocycles. The van der Waals surface area contributed by atoms with Crippen LogP contribution in [-0.4, -0.2) is 28.3 Å². The van der Waals surface area contributed by atoms with Crippen LogP contribution in [0.2, 0.25) is 0 Å². The van der Waals surface area contributed by atoms with Gasteiger partial charge in [-0.15, -0.1) is 5.10 Å². The van der Waals surface area contributed by atoms with Gasteiger partial charge < -0.3 is 10.2 Å². The normalized spacial score (nSPS) is 14.2. The monoisotopic (exact) mass is 269 g/mol. The lowest BCUT2D eigenvalue weighted by Crippen LogP contribution is -2.20. The van der Waals surface area contributed by atoms with Crippen molar-refractivity contribution in [2.24, 2.45) is 0 Å². The van der Waals surface area contributed by atoms with Gasteiger partial charge in [-0.25, -0.2) is 0 Å². The standard InChI is InChI=1S/C15H19N5/c1-20(11-12-6-8-16-9-7-12)15-5-4-14(18-19-15)10-17-13-2-3-13/h4-9,13,17H,2-3,10-11H2,1H3. The fourth-order valence-corrected chi connectivity index (χ4v) is 2.03. The summed E-state index contributed by atoms with van der Waals surface area (Å²) in [6.07, 6.45) is 6.20. The third-order valence-electron chi connectivity index (χ3n) is 3.42. The lowest BCUT2D eigenvalue weighted by molar-refractivity contribution is 0.664. The van der Waals surface area contributed by atoms with Crippen LogP contribution in [0.3, 0.4) is 0 Å². The Labute approximate surface area is 119 Å². The maximum absolute atomic E-state index is 4.29. The van der Waals surface area contributed by atoms with Crippen LogP contribution >= 0.6 is 0 Å². The highest BCUT2D eigenvalue weighted by atomic mass is 15.2. The Hall–Kier alpha value is -2.01. The van der Waals surface area contributed by atoms with E-state index in [0.29, 0.717) is 6.04 Å². The van der Waals surface area contributed by atoms with Crippen molar-refractivity contribution >= 4 is 5.82 Å². The van der Waals surface area contributed by atoms with Crippen LogP contribution in [0.5, 0.6) is 0 Å². The van der Waals surface area contributed by atoms with E-state index in [2.05, 4.69) is 25.4 Å². The van der Waals surface area contributed by atoms with Crippen molar-refractivity contribution in [3.05, 3.63) is 47.9 Å². The Morgan fingerprint density at radius 2 is 1.95 bits per heavy atom. The van der Waals surface area contributed by atoms with E-state index in [0.717, 1.165) is 24.6 Å². The number of anilines is 1. The predicted molar refractivity (Wildman–Crippen MR) is 78.2 cm³/mol. The molecule has 0 aromatic carbocycles. The molecule has 0 atom stereocenters. The van der Waals surface area contributed by atoms with E-state index in [4.69, 9.17) is 0 Å². The zero-order valence-corrected chi connectivity index (χ0v) is 11.7. The van der Waals surface area contributed by atoms with Gasteiger partial charge in [-0.1, -0.05) is 0 Å². The van der Waals surface area contributed by atoms with Crippen LogP contribution in [-0.2, 0) is 13.1 Å². The minimum absolute atomic E-state index is 0.700. The van der Waals surface area contributed by atoms with Gasteiger partial charge in [0.05, 0.1) is 5.69 Å². The topological polar surface area (TPSA) is 53.9 Å². The van der Waals surface area contributed by atoms with Crippen LogP contribution < -0.4 is 10.2 Å². The molecule has 3 rings (SSSR count). The number of aromatic nitrogens is 3. The highest BCUT2D eigenvalue weighted by molar-refractivity contribution is 5.37. The molecule has 0 radical (unpaired) electrons. The minimum Gasteiger partial charge on any atom is -0.354 e. The van der Waals surface area contributed by atoms with Crippen LogP contribution in [0, 0.1) is 0 Å². The van der Waals surface area contributed by atoms with E-state index in [1.54, 1.807) is 0 Å². The number of hydrogen-bond donors (Lipinski definition) is 1. The van der Waals surface area contributed by atoms with Gasteiger partial charge >= 0.3 is 0 Å². The Kier molecular flexibility index (Phi) is 3.87. The second-order valence-corrected chi connectivity index (χ2v) is 5.25. The Morgan fingerprint density at radius 3 is 2.60 bits per heavy atom. The van der Waals surface area contributed by atoms with Crippen molar-refractivity contribution in [2.75, 3.05) is 11.9 Å². The molecule has 1 fully saturated rings. The zero-order chi connectivity index (χ0) is 13.8. The van der Waals surface area contributed by atoms with Crippen molar-refractivity contribution in [1.82, 2.24) is 20.5 Å². The van der Waals surface area contributed by atoms with Crippen molar-refractivity contribution in [1.29, 1.82) is 0 Å². The first-order chi connectivity index (χ1) is 9.81. The number of hydrogen-bond acceptors (Lipinski definition) is 5. The van der Waals surface area contributed by atoms with Gasteiger partial charge in [-0.05, 0) is 42.7 Å². The summed E-state index contributed by atoms with van der Waals surface area (Å²) in [5.41, 5.74) is 2.21. The highest BCUT2D eigenvalue weighted by Crippen LogP contribution is 2.19. The van der Waals surface area contributed by atoms with E-state index in [-0.39, 0.29) is 0 Å². The maximum atomic E-state index is 4.29. The maximum Gasteiger partial charge on any atom is 0.151 e. The van der Waals surface area contributed by atoms with Crippen molar-refractivity contribution in [2.45, 2.75) is 32.0 Å². The molecule has 104 valence electrons. The number of nitrogens with one attached hydrogen (secondary N) is 1. The Balaban J connectivity index is 1.58. The molecule has 1 aliphatic rings. The molecule has 2 aromatic rings. The van der Waals surface area contributed by atoms with Crippen molar-refractivity contribution in [3.8, 4) is 0 Å². The molecule has 0 bridgehead atoms. The average Bonchev–Trinajstić information content (AvgIpc) is 3.31. The summed E-state index contributed by atoms with van der Waals surface area (Å²) in [4.78, 5) is 6.11. The molecule has 1 N–H and O–H groups in total. The molecule has 2 aromatic heterocycles. The summed E-state index contributed by atoms with van der Waals surface area (Å²) in [6.45, 7) is 1.61. The molecular weight excluding hydrogens is 250 g/mol. The smallest absolute Gasteiger partial charge is 0.151 e. The van der Waals surface area contributed by atoms with Crippen molar-refractivity contribution in [3.63, 3.8) is 0 Å². The second-order valence-electron chi connectivity index (χ2n) is 5.25. The van der Waals surface area contributed by atoms with Gasteiger partial charge in [-0.2, -0.15) is 5.10 Å². The van der Waals surface area contributed by atoms with Gasteiger partial charge in [0.25, 0.3) is 0 Å². The lowest BCUT2D eigenvalue weighted by Gasteiger charge is -2.17. The van der Waals surface area contributed by atoms with Crippen LogP contribution in [0.4, 0.5) is 5.82 Å². The molecule has 0 amide bonds. The molecule has 5 heteroatoms. The summed E-state index contributed by atoms with van der Waals surface area (Å²) in [6, 6.07) is 8.79. The van der Waals surface area contributed by atoms with Gasteiger partial charge in [0.15, 0.2) is 5.82 Å². The van der Waals surface area contributed by atoms with Gasteiger partial charge in [0.1, 0.15) is 0 Å². The minimum atomic E-state index is 0.700. The van der Waals surface area contributed by atoms with E-state index in [9.17, 15) is 0 Å². The number of nitrogens with zero attached hydrogens (tertiary/aromatic N) is 4. The zero-order valence-electron chi connectivity index (χ0n) is 11.7. The first-order valence-electron chi connectivity index (χ1n) is 6.97.